The number of hydrogen-bond acceptors (Lipinski definition) is 5. The first kappa shape index (κ1) is 14.9. The number of carbonyl (C=O) groups is 1. The maximum atomic E-state index is 11.7. The fourth-order valence-corrected chi connectivity index (χ4v) is 4.90. The number of thiophene rings is 1. The first-order chi connectivity index (χ1) is 11.3. The van der Waals surface area contributed by atoms with Crippen LogP contribution in [0.1, 0.15) is 41.9 Å². The Balaban J connectivity index is 1.62. The Hall–Kier alpha value is -1.69. The first-order valence-corrected chi connectivity index (χ1v) is 9.20. The quantitative estimate of drug-likeness (QED) is 0.627. The molecule has 3 heterocycles. The summed E-state index contributed by atoms with van der Waals surface area (Å²) in [7, 11) is 1.45. The Kier molecular flexibility index (Phi) is 3.93. The summed E-state index contributed by atoms with van der Waals surface area (Å²) in [6.07, 6.45) is 7.75. The van der Waals surface area contributed by atoms with Gasteiger partial charge in [0, 0.05) is 17.8 Å². The van der Waals surface area contributed by atoms with E-state index in [1.807, 2.05) is 11.3 Å². The number of methoxy groups -OCH3 is 1. The van der Waals surface area contributed by atoms with Crippen molar-refractivity contribution in [2.75, 3.05) is 7.11 Å². The van der Waals surface area contributed by atoms with Crippen LogP contribution in [0.25, 0.3) is 10.7 Å². The van der Waals surface area contributed by atoms with Gasteiger partial charge in [0.15, 0.2) is 5.82 Å². The van der Waals surface area contributed by atoms with Crippen molar-refractivity contribution in [1.82, 2.24) is 14.8 Å². The molecule has 0 aromatic carbocycles. The molecule has 0 fully saturated rings. The van der Waals surface area contributed by atoms with Crippen molar-refractivity contribution >= 4 is 17.3 Å². The smallest absolute Gasteiger partial charge is 0.309 e. The van der Waals surface area contributed by atoms with Crippen molar-refractivity contribution in [2.24, 2.45) is 5.92 Å². The summed E-state index contributed by atoms with van der Waals surface area (Å²) >= 11 is 1.88. The summed E-state index contributed by atoms with van der Waals surface area (Å²) in [4.78, 5) is 14.5. The lowest BCUT2D eigenvalue weighted by molar-refractivity contribution is -0.146. The molecule has 5 nitrogen and oxygen atoms in total. The summed E-state index contributed by atoms with van der Waals surface area (Å²) in [5.74, 6) is 1.67. The molecule has 0 radical (unpaired) electrons. The molecule has 0 N–H and O–H groups in total. The molecule has 0 saturated heterocycles. The third-order valence-corrected chi connectivity index (χ3v) is 6.19. The van der Waals surface area contributed by atoms with E-state index < -0.39 is 0 Å². The second-order valence-corrected chi connectivity index (χ2v) is 7.56. The Morgan fingerprint density at radius 2 is 2.17 bits per heavy atom. The standard InChI is InChI=1S/C17H21N3O2S/c1-22-17(21)12-7-8-20-15(10-12)18-19-16(20)14-9-11-5-3-2-4-6-13(11)23-14/h9,12H,2-8,10H2,1H3. The molecule has 1 aliphatic carbocycles. The highest BCUT2D eigenvalue weighted by Crippen LogP contribution is 2.36. The van der Waals surface area contributed by atoms with Crippen molar-refractivity contribution in [3.8, 4) is 10.7 Å². The number of ether oxygens (including phenoxy) is 1. The Labute approximate surface area is 139 Å². The van der Waals surface area contributed by atoms with E-state index in [-0.39, 0.29) is 11.9 Å². The fraction of sp³-hybridized carbons (Fsp3) is 0.588. The third-order valence-electron chi connectivity index (χ3n) is 4.96. The SMILES string of the molecule is COC(=O)C1CCn2c(nnc2-c2cc3c(s2)CCCCC3)C1. The number of rotatable bonds is 2. The van der Waals surface area contributed by atoms with E-state index in [1.54, 1.807) is 0 Å². The van der Waals surface area contributed by atoms with Crippen molar-refractivity contribution in [3.63, 3.8) is 0 Å². The molecular formula is C17H21N3O2S. The molecule has 4 rings (SSSR count). The number of esters is 1. The lowest BCUT2D eigenvalue weighted by Crippen LogP contribution is -2.27. The van der Waals surface area contributed by atoms with E-state index in [0.29, 0.717) is 6.42 Å². The largest absolute Gasteiger partial charge is 0.469 e. The van der Waals surface area contributed by atoms with E-state index in [0.717, 1.165) is 24.6 Å². The van der Waals surface area contributed by atoms with Crippen LogP contribution < -0.4 is 0 Å². The Morgan fingerprint density at radius 1 is 1.30 bits per heavy atom. The number of carbonyl (C=O) groups excluding carboxylic acids is 1. The van der Waals surface area contributed by atoms with Gasteiger partial charge in [0.1, 0.15) is 5.82 Å². The predicted molar refractivity (Wildman–Crippen MR) is 88.4 cm³/mol. The Morgan fingerprint density at radius 3 is 3.04 bits per heavy atom. The third kappa shape index (κ3) is 2.69. The van der Waals surface area contributed by atoms with Crippen LogP contribution >= 0.6 is 11.3 Å². The van der Waals surface area contributed by atoms with Crippen LogP contribution in [0.15, 0.2) is 6.07 Å². The Bertz CT molecular complexity index is 711. The maximum Gasteiger partial charge on any atom is 0.309 e. The number of hydrogen-bond donors (Lipinski definition) is 0. The van der Waals surface area contributed by atoms with Gasteiger partial charge in [-0.25, -0.2) is 0 Å². The molecule has 1 aliphatic heterocycles. The lowest BCUT2D eigenvalue weighted by atomic mass is 9.98. The highest BCUT2D eigenvalue weighted by atomic mass is 32.1. The number of aromatic nitrogens is 3. The van der Waals surface area contributed by atoms with Gasteiger partial charge in [-0.1, -0.05) is 6.42 Å². The normalized spacial score (nSPS) is 20.5. The average Bonchev–Trinajstić information content (AvgIpc) is 3.11. The van der Waals surface area contributed by atoms with Crippen molar-refractivity contribution in [2.45, 2.75) is 51.5 Å². The van der Waals surface area contributed by atoms with Gasteiger partial charge in [-0.05, 0) is 43.7 Å². The molecule has 2 aromatic heterocycles. The molecule has 2 aliphatic rings. The fourth-order valence-electron chi connectivity index (χ4n) is 3.66. The van der Waals surface area contributed by atoms with Crippen LogP contribution in [0.2, 0.25) is 0 Å². The molecule has 122 valence electrons. The summed E-state index contributed by atoms with van der Waals surface area (Å²) in [6, 6.07) is 2.31. The highest BCUT2D eigenvalue weighted by molar-refractivity contribution is 7.15. The molecule has 2 aromatic rings. The second-order valence-electron chi connectivity index (χ2n) is 6.42. The van der Waals surface area contributed by atoms with E-state index >= 15 is 0 Å². The minimum Gasteiger partial charge on any atom is -0.469 e. The maximum absolute atomic E-state index is 11.7. The van der Waals surface area contributed by atoms with Crippen LogP contribution in [0.5, 0.6) is 0 Å². The van der Waals surface area contributed by atoms with Crippen LogP contribution in [0.3, 0.4) is 0 Å². The molecule has 1 atom stereocenters. The van der Waals surface area contributed by atoms with E-state index in [2.05, 4.69) is 20.8 Å². The molecule has 0 spiro atoms. The second kappa shape index (κ2) is 6.07. The minimum absolute atomic E-state index is 0.0791. The van der Waals surface area contributed by atoms with Crippen LogP contribution in [-0.2, 0) is 35.3 Å². The summed E-state index contributed by atoms with van der Waals surface area (Å²) in [5.41, 5.74) is 1.50. The van der Waals surface area contributed by atoms with Crippen LogP contribution in [-0.4, -0.2) is 27.8 Å². The summed E-state index contributed by atoms with van der Waals surface area (Å²) in [6.45, 7) is 0.792. The average molecular weight is 331 g/mol. The molecule has 1 unspecified atom stereocenters. The van der Waals surface area contributed by atoms with Crippen molar-refractivity contribution in [3.05, 3.63) is 22.3 Å². The van der Waals surface area contributed by atoms with Crippen LogP contribution in [0.4, 0.5) is 0 Å². The zero-order valence-electron chi connectivity index (χ0n) is 13.4. The number of fused-ring (bicyclic) bond motifs is 2. The lowest BCUT2D eigenvalue weighted by Gasteiger charge is -2.21. The summed E-state index contributed by atoms with van der Waals surface area (Å²) in [5, 5.41) is 8.76. The number of aryl methyl sites for hydroxylation is 2. The minimum atomic E-state index is -0.136. The van der Waals surface area contributed by atoms with Gasteiger partial charge in [0.25, 0.3) is 0 Å². The van der Waals surface area contributed by atoms with E-state index in [4.69, 9.17) is 4.74 Å². The molecular weight excluding hydrogens is 310 g/mol. The zero-order valence-corrected chi connectivity index (χ0v) is 14.2. The molecule has 0 bridgehead atoms. The molecule has 0 saturated carbocycles. The van der Waals surface area contributed by atoms with Gasteiger partial charge in [-0.2, -0.15) is 0 Å². The molecule has 0 amide bonds. The monoisotopic (exact) mass is 331 g/mol. The number of nitrogens with zero attached hydrogens (tertiary/aromatic N) is 3. The van der Waals surface area contributed by atoms with Crippen molar-refractivity contribution in [1.29, 1.82) is 0 Å². The van der Waals surface area contributed by atoms with Gasteiger partial charge < -0.3 is 9.30 Å². The van der Waals surface area contributed by atoms with Gasteiger partial charge in [0.05, 0.1) is 17.9 Å². The zero-order chi connectivity index (χ0) is 15.8. The van der Waals surface area contributed by atoms with Crippen molar-refractivity contribution < 1.29 is 9.53 Å². The highest BCUT2D eigenvalue weighted by Gasteiger charge is 2.29. The van der Waals surface area contributed by atoms with Crippen LogP contribution in [0, 0.1) is 5.92 Å². The summed E-state index contributed by atoms with van der Waals surface area (Å²) < 4.78 is 7.05. The van der Waals surface area contributed by atoms with Gasteiger partial charge in [-0.15, -0.1) is 21.5 Å². The molecule has 6 heteroatoms. The molecule has 23 heavy (non-hydrogen) atoms. The van der Waals surface area contributed by atoms with E-state index in [1.165, 1.54) is 54.5 Å². The first-order valence-electron chi connectivity index (χ1n) is 8.38. The van der Waals surface area contributed by atoms with Gasteiger partial charge in [0.2, 0.25) is 0 Å². The van der Waals surface area contributed by atoms with E-state index in [9.17, 15) is 4.79 Å². The van der Waals surface area contributed by atoms with Gasteiger partial charge >= 0.3 is 5.97 Å². The topological polar surface area (TPSA) is 57.0 Å². The predicted octanol–water partition coefficient (Wildman–Crippen LogP) is 3.01. The van der Waals surface area contributed by atoms with Gasteiger partial charge in [-0.3, -0.25) is 4.79 Å².